The van der Waals surface area contributed by atoms with Gasteiger partial charge in [-0.3, -0.25) is 0 Å². The van der Waals surface area contributed by atoms with E-state index in [1.54, 1.807) is 0 Å². The molecule has 0 fully saturated rings. The Kier molecular flexibility index (Phi) is 5.03. The van der Waals surface area contributed by atoms with Crippen molar-refractivity contribution >= 4 is 21.6 Å². The zero-order valence-corrected chi connectivity index (χ0v) is 13.1. The van der Waals surface area contributed by atoms with Crippen molar-refractivity contribution in [3.05, 3.63) is 64.1 Å². The van der Waals surface area contributed by atoms with Crippen LogP contribution in [0.1, 0.15) is 24.5 Å². The molecule has 0 amide bonds. The first-order valence-corrected chi connectivity index (χ1v) is 7.51. The zero-order valence-electron chi connectivity index (χ0n) is 11.5. The van der Waals surface area contributed by atoms with E-state index in [4.69, 9.17) is 0 Å². The third-order valence-corrected chi connectivity index (χ3v) is 3.92. The summed E-state index contributed by atoms with van der Waals surface area (Å²) in [4.78, 5) is 0. The normalized spacial score (nSPS) is 12.2. The Morgan fingerprint density at radius 1 is 1.11 bits per heavy atom. The molecular formula is C17H20BrN. The Hall–Kier alpha value is -1.28. The Bertz CT molecular complexity index is 522. The predicted octanol–water partition coefficient (Wildman–Crippen LogP) is 5.19. The van der Waals surface area contributed by atoms with Gasteiger partial charge < -0.3 is 5.32 Å². The van der Waals surface area contributed by atoms with Crippen LogP contribution in [-0.4, -0.2) is 6.04 Å². The third-order valence-electron chi connectivity index (χ3n) is 3.23. The van der Waals surface area contributed by atoms with Gasteiger partial charge in [-0.2, -0.15) is 0 Å². The number of nitrogens with one attached hydrogen (secondary N) is 1. The fourth-order valence-electron chi connectivity index (χ4n) is 2.12. The molecule has 2 aromatic rings. The van der Waals surface area contributed by atoms with Crippen LogP contribution in [0.5, 0.6) is 0 Å². The Balaban J connectivity index is 1.90. The molecule has 19 heavy (non-hydrogen) atoms. The summed E-state index contributed by atoms with van der Waals surface area (Å²) < 4.78 is 1.13. The summed E-state index contributed by atoms with van der Waals surface area (Å²) in [6.07, 6.45) is 2.24. The summed E-state index contributed by atoms with van der Waals surface area (Å²) in [7, 11) is 0. The summed E-state index contributed by atoms with van der Waals surface area (Å²) in [5, 5.41) is 3.57. The number of rotatable bonds is 5. The van der Waals surface area contributed by atoms with Crippen LogP contribution in [-0.2, 0) is 6.42 Å². The van der Waals surface area contributed by atoms with Gasteiger partial charge in [0.1, 0.15) is 0 Å². The first kappa shape index (κ1) is 14.1. The Morgan fingerprint density at radius 2 is 1.84 bits per heavy atom. The first-order chi connectivity index (χ1) is 9.15. The van der Waals surface area contributed by atoms with Crippen LogP contribution in [0.15, 0.2) is 53.0 Å². The Labute approximate surface area is 124 Å². The second-order valence-electron chi connectivity index (χ2n) is 5.05. The second kappa shape index (κ2) is 6.76. The molecule has 0 aliphatic carbocycles. The summed E-state index contributed by atoms with van der Waals surface area (Å²) >= 11 is 3.59. The van der Waals surface area contributed by atoms with Crippen molar-refractivity contribution in [3.63, 3.8) is 0 Å². The minimum atomic E-state index is 0.457. The minimum absolute atomic E-state index is 0.457. The Morgan fingerprint density at radius 3 is 2.58 bits per heavy atom. The molecule has 2 rings (SSSR count). The van der Waals surface area contributed by atoms with E-state index in [0.29, 0.717) is 6.04 Å². The number of benzene rings is 2. The molecule has 0 radical (unpaired) electrons. The molecule has 2 heteroatoms. The van der Waals surface area contributed by atoms with Crippen molar-refractivity contribution in [2.75, 3.05) is 5.32 Å². The van der Waals surface area contributed by atoms with Crippen molar-refractivity contribution in [1.82, 2.24) is 0 Å². The van der Waals surface area contributed by atoms with Crippen molar-refractivity contribution in [1.29, 1.82) is 0 Å². The molecule has 1 unspecified atom stereocenters. The highest BCUT2D eigenvalue weighted by Crippen LogP contribution is 2.24. The fraction of sp³-hybridized carbons (Fsp3) is 0.294. The van der Waals surface area contributed by atoms with E-state index in [0.717, 1.165) is 17.3 Å². The molecule has 0 aliphatic heterocycles. The SMILES string of the molecule is Cc1ccc(Br)c(NC(C)CCc2ccccc2)c1. The number of hydrogen-bond donors (Lipinski definition) is 1. The highest BCUT2D eigenvalue weighted by atomic mass is 79.9. The molecule has 100 valence electrons. The van der Waals surface area contributed by atoms with E-state index in [9.17, 15) is 0 Å². The molecule has 2 aromatic carbocycles. The molecule has 0 aliphatic rings. The van der Waals surface area contributed by atoms with Gasteiger partial charge >= 0.3 is 0 Å². The third kappa shape index (κ3) is 4.39. The number of hydrogen-bond acceptors (Lipinski definition) is 1. The number of aryl methyl sites for hydroxylation is 2. The molecule has 0 bridgehead atoms. The summed E-state index contributed by atoms with van der Waals surface area (Å²) in [5.41, 5.74) is 3.86. The van der Waals surface area contributed by atoms with Crippen LogP contribution < -0.4 is 5.32 Å². The average Bonchev–Trinajstić information content (AvgIpc) is 2.42. The number of halogens is 1. The van der Waals surface area contributed by atoms with Crippen molar-refractivity contribution in [2.45, 2.75) is 32.7 Å². The highest BCUT2D eigenvalue weighted by Gasteiger charge is 2.05. The zero-order chi connectivity index (χ0) is 13.7. The summed E-state index contributed by atoms with van der Waals surface area (Å²) in [5.74, 6) is 0. The van der Waals surface area contributed by atoms with E-state index < -0.39 is 0 Å². The smallest absolute Gasteiger partial charge is 0.0489 e. The van der Waals surface area contributed by atoms with Gasteiger partial charge in [-0.05, 0) is 65.9 Å². The van der Waals surface area contributed by atoms with Gasteiger partial charge in [0.2, 0.25) is 0 Å². The van der Waals surface area contributed by atoms with Crippen molar-refractivity contribution in [3.8, 4) is 0 Å². The summed E-state index contributed by atoms with van der Waals surface area (Å²) in [6.45, 7) is 4.35. The molecule has 0 saturated carbocycles. The van der Waals surface area contributed by atoms with Crippen LogP contribution in [0.2, 0.25) is 0 Å². The van der Waals surface area contributed by atoms with E-state index in [2.05, 4.69) is 83.6 Å². The van der Waals surface area contributed by atoms with Gasteiger partial charge in [0.05, 0.1) is 0 Å². The lowest BCUT2D eigenvalue weighted by Gasteiger charge is -2.17. The quantitative estimate of drug-likeness (QED) is 0.800. The molecule has 0 spiro atoms. The standard InChI is InChI=1S/C17H20BrN/c1-13-8-11-16(18)17(12-13)19-14(2)9-10-15-6-4-3-5-7-15/h3-8,11-12,14,19H,9-10H2,1-2H3. The van der Waals surface area contributed by atoms with Crippen LogP contribution in [0.4, 0.5) is 5.69 Å². The van der Waals surface area contributed by atoms with Gasteiger partial charge in [0.15, 0.2) is 0 Å². The minimum Gasteiger partial charge on any atom is -0.382 e. The topological polar surface area (TPSA) is 12.0 Å². The van der Waals surface area contributed by atoms with Gasteiger partial charge in [-0.1, -0.05) is 36.4 Å². The average molecular weight is 318 g/mol. The lowest BCUT2D eigenvalue weighted by Crippen LogP contribution is -2.16. The predicted molar refractivity (Wildman–Crippen MR) is 86.7 cm³/mol. The van der Waals surface area contributed by atoms with Crippen LogP contribution >= 0.6 is 15.9 Å². The van der Waals surface area contributed by atoms with Crippen molar-refractivity contribution < 1.29 is 0 Å². The molecule has 1 atom stereocenters. The van der Waals surface area contributed by atoms with E-state index in [-0.39, 0.29) is 0 Å². The number of anilines is 1. The monoisotopic (exact) mass is 317 g/mol. The molecule has 0 heterocycles. The van der Waals surface area contributed by atoms with E-state index in [1.165, 1.54) is 16.8 Å². The molecule has 1 nitrogen and oxygen atoms in total. The highest BCUT2D eigenvalue weighted by molar-refractivity contribution is 9.10. The largest absolute Gasteiger partial charge is 0.382 e. The molecular weight excluding hydrogens is 298 g/mol. The fourth-order valence-corrected chi connectivity index (χ4v) is 2.48. The maximum absolute atomic E-state index is 3.59. The second-order valence-corrected chi connectivity index (χ2v) is 5.91. The van der Waals surface area contributed by atoms with Crippen LogP contribution in [0.3, 0.4) is 0 Å². The summed E-state index contributed by atoms with van der Waals surface area (Å²) in [6, 6.07) is 17.5. The molecule has 0 aromatic heterocycles. The van der Waals surface area contributed by atoms with Gasteiger partial charge in [0, 0.05) is 16.2 Å². The van der Waals surface area contributed by atoms with Gasteiger partial charge in [-0.25, -0.2) is 0 Å². The van der Waals surface area contributed by atoms with Crippen molar-refractivity contribution in [2.24, 2.45) is 0 Å². The van der Waals surface area contributed by atoms with Crippen LogP contribution in [0.25, 0.3) is 0 Å². The maximum Gasteiger partial charge on any atom is 0.0489 e. The van der Waals surface area contributed by atoms with E-state index in [1.807, 2.05) is 0 Å². The lowest BCUT2D eigenvalue weighted by atomic mass is 10.1. The van der Waals surface area contributed by atoms with Gasteiger partial charge in [0.25, 0.3) is 0 Å². The van der Waals surface area contributed by atoms with Gasteiger partial charge in [-0.15, -0.1) is 0 Å². The molecule has 0 saturated heterocycles. The van der Waals surface area contributed by atoms with Crippen LogP contribution in [0, 0.1) is 6.92 Å². The maximum atomic E-state index is 3.59. The lowest BCUT2D eigenvalue weighted by molar-refractivity contribution is 0.706. The molecule has 1 N–H and O–H groups in total. The van der Waals surface area contributed by atoms with E-state index >= 15 is 0 Å². The first-order valence-electron chi connectivity index (χ1n) is 6.72.